The van der Waals surface area contributed by atoms with Crippen molar-refractivity contribution in [2.24, 2.45) is 0 Å². The van der Waals surface area contributed by atoms with Gasteiger partial charge in [0.2, 0.25) is 0 Å². The summed E-state index contributed by atoms with van der Waals surface area (Å²) in [7, 11) is 0. The first kappa shape index (κ1) is 18.5. The molecule has 0 aliphatic carbocycles. The van der Waals surface area contributed by atoms with Crippen LogP contribution in [0.5, 0.6) is 0 Å². The summed E-state index contributed by atoms with van der Waals surface area (Å²) in [5, 5.41) is 0. The van der Waals surface area contributed by atoms with Crippen molar-refractivity contribution in [2.75, 3.05) is 13.1 Å². The van der Waals surface area contributed by atoms with E-state index in [1.165, 1.54) is 0 Å². The maximum atomic E-state index is 3.49. The predicted octanol–water partition coefficient (Wildman–Crippen LogP) is -0.860. The van der Waals surface area contributed by atoms with E-state index in [1.54, 1.807) is 0 Å². The van der Waals surface area contributed by atoms with Crippen LogP contribution < -0.4 is 27.8 Å². The van der Waals surface area contributed by atoms with E-state index >= 15 is 0 Å². The lowest BCUT2D eigenvalue weighted by atomic mass is 10.1. The van der Waals surface area contributed by atoms with Crippen LogP contribution in [-0.4, -0.2) is 23.8 Å². The number of halogens is 2. The van der Waals surface area contributed by atoms with Crippen LogP contribution in [-0.2, 0) is 0 Å². The monoisotopic (exact) mass is 311 g/mol. The summed E-state index contributed by atoms with van der Waals surface area (Å²) in [4.78, 5) is 0. The van der Waals surface area contributed by atoms with E-state index in [-0.39, 0.29) is 29.4 Å². The first-order chi connectivity index (χ1) is 6.79. The molecule has 1 rings (SSSR count). The molecule has 0 aromatic rings. The van der Waals surface area contributed by atoms with E-state index in [9.17, 15) is 0 Å². The first-order valence-corrected chi connectivity index (χ1v) is 5.53. The molecule has 0 fully saturated rings. The summed E-state index contributed by atoms with van der Waals surface area (Å²) < 4.78 is 0.681. The summed E-state index contributed by atoms with van der Waals surface area (Å²) in [6.07, 6.45) is 9.78. The van der Waals surface area contributed by atoms with Crippen molar-refractivity contribution in [3.63, 3.8) is 0 Å². The molecule has 1 atom stereocenters. The number of nitrogens with zero attached hydrogens (tertiary/aromatic N) is 1. The molecule has 0 saturated carbocycles. The zero-order chi connectivity index (χ0) is 10.4. The van der Waals surface area contributed by atoms with Gasteiger partial charge in [-0.25, -0.2) is 0 Å². The van der Waals surface area contributed by atoms with E-state index in [0.29, 0.717) is 10.7 Å². The molecule has 5 heteroatoms. The molecule has 1 unspecified atom stereocenters. The van der Waals surface area contributed by atoms with Crippen molar-refractivity contribution in [1.29, 1.82) is 0 Å². The SMILES string of the molecule is CCN[N+]1(NCC)C=CC=CC1CC.Cl.[Br-]. The molecule has 0 radical (unpaired) electrons. The molecule has 3 nitrogen and oxygen atoms in total. The van der Waals surface area contributed by atoms with Crippen LogP contribution in [0.1, 0.15) is 27.2 Å². The number of rotatable bonds is 5. The largest absolute Gasteiger partial charge is 1.00 e. The van der Waals surface area contributed by atoms with Crippen molar-refractivity contribution in [1.82, 2.24) is 10.9 Å². The van der Waals surface area contributed by atoms with E-state index in [0.717, 1.165) is 19.5 Å². The second-order valence-electron chi connectivity index (χ2n) is 3.50. The third-order valence-corrected chi connectivity index (χ3v) is 2.55. The zero-order valence-corrected chi connectivity index (χ0v) is 12.6. The Bertz CT molecular complexity index is 225. The Kier molecular flexibility index (Phi) is 10.6. The molecular formula is C11H23BrClN3. The van der Waals surface area contributed by atoms with Crippen LogP contribution in [0.25, 0.3) is 0 Å². The Morgan fingerprint density at radius 3 is 2.06 bits per heavy atom. The van der Waals surface area contributed by atoms with Crippen LogP contribution in [0, 0.1) is 0 Å². The van der Waals surface area contributed by atoms with Crippen LogP contribution in [0.4, 0.5) is 0 Å². The summed E-state index contributed by atoms with van der Waals surface area (Å²) in [5.41, 5.74) is 6.98. The van der Waals surface area contributed by atoms with Gasteiger partial charge in [-0.2, -0.15) is 0 Å². The van der Waals surface area contributed by atoms with Gasteiger partial charge in [-0.05, 0) is 26.0 Å². The number of hydrogen-bond acceptors (Lipinski definition) is 2. The normalized spacial score (nSPS) is 21.1. The van der Waals surface area contributed by atoms with Crippen molar-refractivity contribution in [3.8, 4) is 0 Å². The highest BCUT2D eigenvalue weighted by Gasteiger charge is 2.33. The summed E-state index contributed by atoms with van der Waals surface area (Å²) in [5.74, 6) is 0. The minimum absolute atomic E-state index is 0. The lowest BCUT2D eigenvalue weighted by Gasteiger charge is -2.39. The highest BCUT2D eigenvalue weighted by molar-refractivity contribution is 5.85. The van der Waals surface area contributed by atoms with Gasteiger partial charge < -0.3 is 17.0 Å². The van der Waals surface area contributed by atoms with Crippen LogP contribution in [0.2, 0.25) is 0 Å². The topological polar surface area (TPSA) is 24.1 Å². The Morgan fingerprint density at radius 1 is 1.06 bits per heavy atom. The maximum Gasteiger partial charge on any atom is 0.148 e. The van der Waals surface area contributed by atoms with Crippen LogP contribution in [0.15, 0.2) is 24.4 Å². The number of allylic oxidation sites excluding steroid dienone is 2. The summed E-state index contributed by atoms with van der Waals surface area (Å²) in [6, 6.07) is 0.486. The molecule has 0 aromatic heterocycles. The number of quaternary nitrogens is 1. The predicted molar refractivity (Wildman–Crippen MR) is 67.2 cm³/mol. The van der Waals surface area contributed by atoms with Gasteiger partial charge in [0, 0.05) is 19.5 Å². The summed E-state index contributed by atoms with van der Waals surface area (Å²) in [6.45, 7) is 8.41. The Labute approximate surface area is 116 Å². The van der Waals surface area contributed by atoms with Crippen LogP contribution >= 0.6 is 12.4 Å². The molecule has 0 aromatic carbocycles. The van der Waals surface area contributed by atoms with Crippen molar-refractivity contribution >= 4 is 12.4 Å². The van der Waals surface area contributed by atoms with Gasteiger partial charge in [0.1, 0.15) is 12.2 Å². The van der Waals surface area contributed by atoms with Gasteiger partial charge in [0.15, 0.2) is 0 Å². The van der Waals surface area contributed by atoms with Crippen molar-refractivity contribution < 1.29 is 21.7 Å². The molecule has 1 heterocycles. The lowest BCUT2D eigenvalue weighted by molar-refractivity contribution is -0.981. The van der Waals surface area contributed by atoms with E-state index in [1.807, 2.05) is 0 Å². The second kappa shape index (κ2) is 9.19. The average Bonchev–Trinajstić information content (AvgIpc) is 2.19. The molecular weight excluding hydrogens is 289 g/mol. The maximum absolute atomic E-state index is 3.49. The fourth-order valence-electron chi connectivity index (χ4n) is 1.97. The Morgan fingerprint density at radius 2 is 1.62 bits per heavy atom. The highest BCUT2D eigenvalue weighted by atomic mass is 79.9. The molecule has 0 amide bonds. The van der Waals surface area contributed by atoms with Crippen molar-refractivity contribution in [3.05, 3.63) is 24.4 Å². The number of hydrogen-bond donors (Lipinski definition) is 2. The Hall–Kier alpha value is 0.130. The molecule has 16 heavy (non-hydrogen) atoms. The first-order valence-electron chi connectivity index (χ1n) is 5.53. The van der Waals surface area contributed by atoms with Crippen molar-refractivity contribution in [2.45, 2.75) is 33.2 Å². The zero-order valence-electron chi connectivity index (χ0n) is 10.2. The standard InChI is InChI=1S/C11H22N3.BrH.ClH/c1-4-11-9-7-8-10-14(11,12-5-2)13-6-3;;/h7-13H,4-6H2,1-3H3;2*1H/q+1;;/p-1. The molecule has 1 aliphatic rings. The van der Waals surface area contributed by atoms with Gasteiger partial charge in [0.05, 0.1) is 0 Å². The highest BCUT2D eigenvalue weighted by Crippen LogP contribution is 2.16. The second-order valence-corrected chi connectivity index (χ2v) is 3.50. The smallest absolute Gasteiger partial charge is 0.148 e. The van der Waals surface area contributed by atoms with Gasteiger partial charge in [-0.3, -0.25) is 0 Å². The minimum Gasteiger partial charge on any atom is -1.00 e. The van der Waals surface area contributed by atoms with E-state index < -0.39 is 0 Å². The lowest BCUT2D eigenvalue weighted by Crippen LogP contribution is -3.00. The van der Waals surface area contributed by atoms with Gasteiger partial charge in [0.25, 0.3) is 0 Å². The third-order valence-electron chi connectivity index (χ3n) is 2.55. The molecule has 0 saturated heterocycles. The van der Waals surface area contributed by atoms with Gasteiger partial charge >= 0.3 is 0 Å². The molecule has 0 bridgehead atoms. The third kappa shape index (κ3) is 4.18. The molecule has 96 valence electrons. The average molecular weight is 313 g/mol. The fraction of sp³-hybridized carbons (Fsp3) is 0.636. The quantitative estimate of drug-likeness (QED) is 0.646. The molecule has 1 aliphatic heterocycles. The minimum atomic E-state index is 0. The number of nitrogens with one attached hydrogen (secondary N) is 2. The van der Waals surface area contributed by atoms with Crippen LogP contribution in [0.3, 0.4) is 0 Å². The van der Waals surface area contributed by atoms with Gasteiger partial charge in [-0.1, -0.05) is 13.0 Å². The molecule has 0 spiro atoms. The van der Waals surface area contributed by atoms with E-state index in [2.05, 4.69) is 56.1 Å². The van der Waals surface area contributed by atoms with E-state index in [4.69, 9.17) is 0 Å². The molecule has 2 N–H and O–H groups in total. The fourth-order valence-corrected chi connectivity index (χ4v) is 1.97. The summed E-state index contributed by atoms with van der Waals surface area (Å²) >= 11 is 0. The Balaban J connectivity index is 0. The van der Waals surface area contributed by atoms with Gasteiger partial charge in [-0.15, -0.1) is 28.0 Å².